The van der Waals surface area contributed by atoms with Crippen LogP contribution >= 0.6 is 0 Å². The SMILES string of the molecule is CCC(=O)[C@@]12C=CC=CC[C@@H]1[C@@H](C(=O)OC(C)(C)C)N(S(=O)(=O)c1ccc(C)cc1)[C@H]2c1ccccc1. The third-order valence-electron chi connectivity index (χ3n) is 7.15. The van der Waals surface area contributed by atoms with Gasteiger partial charge in [0.1, 0.15) is 17.4 Å². The summed E-state index contributed by atoms with van der Waals surface area (Å²) in [7, 11) is -4.23. The Morgan fingerprint density at radius 1 is 1.03 bits per heavy atom. The van der Waals surface area contributed by atoms with Gasteiger partial charge in [-0.05, 0) is 51.8 Å². The molecule has 2 aromatic rings. The zero-order chi connectivity index (χ0) is 27.0. The third-order valence-corrected chi connectivity index (χ3v) is 9.01. The zero-order valence-corrected chi connectivity index (χ0v) is 22.9. The van der Waals surface area contributed by atoms with E-state index in [2.05, 4.69) is 0 Å². The highest BCUT2D eigenvalue weighted by Crippen LogP contribution is 2.59. The van der Waals surface area contributed by atoms with Crippen LogP contribution in [0.4, 0.5) is 0 Å². The predicted octanol–water partition coefficient (Wildman–Crippen LogP) is 5.55. The smallest absolute Gasteiger partial charge is 0.325 e. The number of Topliss-reactive ketones (excluding diaryl/α,β-unsaturated/α-hetero) is 1. The number of fused-ring (bicyclic) bond motifs is 1. The number of aryl methyl sites for hydroxylation is 1. The monoisotopic (exact) mass is 521 g/mol. The molecule has 2 aromatic carbocycles. The number of carbonyl (C=O) groups is 2. The Morgan fingerprint density at radius 3 is 2.27 bits per heavy atom. The lowest BCUT2D eigenvalue weighted by molar-refractivity contribution is -0.160. The molecule has 1 fully saturated rings. The molecule has 1 aliphatic carbocycles. The van der Waals surface area contributed by atoms with E-state index in [0.29, 0.717) is 12.0 Å². The standard InChI is InChI=1S/C30H35NO5S/c1-6-25(32)30-20-12-8-11-15-24(30)26(28(33)36-29(3,4)5)31(27(30)22-13-9-7-10-14-22)37(34,35)23-18-16-21(2)17-19-23/h7-14,16-20,24,26-27H,6,15H2,1-5H3/t24-,26+,27+,30-/m1/s1. The molecule has 0 aromatic heterocycles. The summed E-state index contributed by atoms with van der Waals surface area (Å²) in [5.41, 5.74) is -0.518. The molecule has 6 nitrogen and oxygen atoms in total. The molecule has 0 bridgehead atoms. The molecule has 0 unspecified atom stereocenters. The lowest BCUT2D eigenvalue weighted by Crippen LogP contribution is -2.46. The molecule has 1 saturated heterocycles. The number of rotatable bonds is 6. The molecule has 2 aliphatic rings. The summed E-state index contributed by atoms with van der Waals surface area (Å²) >= 11 is 0. The van der Waals surface area contributed by atoms with Gasteiger partial charge < -0.3 is 4.74 Å². The number of allylic oxidation sites excluding steroid dienone is 3. The minimum atomic E-state index is -4.23. The molecule has 7 heteroatoms. The summed E-state index contributed by atoms with van der Waals surface area (Å²) in [4.78, 5) is 27.9. The molecular weight excluding hydrogens is 486 g/mol. The lowest BCUT2D eigenvalue weighted by Gasteiger charge is -2.36. The van der Waals surface area contributed by atoms with Gasteiger partial charge in [-0.25, -0.2) is 8.42 Å². The van der Waals surface area contributed by atoms with E-state index in [1.807, 2.05) is 55.5 Å². The minimum Gasteiger partial charge on any atom is -0.459 e. The fourth-order valence-electron chi connectivity index (χ4n) is 5.64. The van der Waals surface area contributed by atoms with Crippen LogP contribution in [-0.4, -0.2) is 36.1 Å². The van der Waals surface area contributed by atoms with Crippen molar-refractivity contribution in [3.05, 3.63) is 90.0 Å². The van der Waals surface area contributed by atoms with Gasteiger partial charge in [-0.3, -0.25) is 9.59 Å². The number of carbonyl (C=O) groups excluding carboxylic acids is 2. The zero-order valence-electron chi connectivity index (χ0n) is 22.0. The highest BCUT2D eigenvalue weighted by molar-refractivity contribution is 7.89. The third kappa shape index (κ3) is 4.82. The van der Waals surface area contributed by atoms with Crippen LogP contribution in [0.1, 0.15) is 57.7 Å². The maximum absolute atomic E-state index is 14.5. The first-order chi connectivity index (χ1) is 17.4. The highest BCUT2D eigenvalue weighted by Gasteiger charge is 2.67. The van der Waals surface area contributed by atoms with Crippen LogP contribution in [0, 0.1) is 18.3 Å². The van der Waals surface area contributed by atoms with E-state index in [9.17, 15) is 18.0 Å². The minimum absolute atomic E-state index is 0.0719. The molecule has 0 spiro atoms. The maximum atomic E-state index is 14.5. The summed E-state index contributed by atoms with van der Waals surface area (Å²) in [5, 5.41) is 0. The first-order valence-corrected chi connectivity index (χ1v) is 14.1. The summed E-state index contributed by atoms with van der Waals surface area (Å²) in [6.45, 7) is 8.93. The molecule has 0 amide bonds. The Morgan fingerprint density at radius 2 is 1.68 bits per heavy atom. The maximum Gasteiger partial charge on any atom is 0.325 e. The van der Waals surface area contributed by atoms with Gasteiger partial charge >= 0.3 is 5.97 Å². The van der Waals surface area contributed by atoms with Crippen LogP contribution in [0.25, 0.3) is 0 Å². The van der Waals surface area contributed by atoms with Gasteiger partial charge in [-0.15, -0.1) is 0 Å². The average molecular weight is 522 g/mol. The molecule has 0 N–H and O–H groups in total. The quantitative estimate of drug-likeness (QED) is 0.466. The van der Waals surface area contributed by atoms with Crippen LogP contribution in [0.3, 0.4) is 0 Å². The van der Waals surface area contributed by atoms with Crippen molar-refractivity contribution >= 4 is 21.8 Å². The second-order valence-electron chi connectivity index (χ2n) is 10.8. The van der Waals surface area contributed by atoms with Gasteiger partial charge in [0.2, 0.25) is 10.0 Å². The second-order valence-corrected chi connectivity index (χ2v) is 12.6. The molecule has 1 aliphatic heterocycles. The fourth-order valence-corrected chi connectivity index (χ4v) is 7.47. The Kier molecular flexibility index (Phi) is 7.32. The highest BCUT2D eigenvalue weighted by atomic mass is 32.2. The van der Waals surface area contributed by atoms with E-state index in [1.54, 1.807) is 58.0 Å². The summed E-state index contributed by atoms with van der Waals surface area (Å²) in [6, 6.07) is 13.6. The van der Waals surface area contributed by atoms with Gasteiger partial charge in [0.25, 0.3) is 0 Å². The molecule has 0 radical (unpaired) electrons. The number of nitrogens with zero attached hydrogens (tertiary/aromatic N) is 1. The second kappa shape index (κ2) is 10.0. The largest absolute Gasteiger partial charge is 0.459 e. The number of ether oxygens (including phenoxy) is 1. The Labute approximate surface area is 220 Å². The van der Waals surface area contributed by atoms with Gasteiger partial charge in [-0.1, -0.05) is 79.3 Å². The van der Waals surface area contributed by atoms with Crippen LogP contribution < -0.4 is 0 Å². The van der Waals surface area contributed by atoms with Crippen molar-refractivity contribution in [2.45, 2.75) is 70.0 Å². The van der Waals surface area contributed by atoms with E-state index < -0.39 is 45.0 Å². The summed E-state index contributed by atoms with van der Waals surface area (Å²) < 4.78 is 36.0. The van der Waals surface area contributed by atoms with E-state index in [-0.39, 0.29) is 17.1 Å². The van der Waals surface area contributed by atoms with Crippen LogP contribution in [0.2, 0.25) is 0 Å². The van der Waals surface area contributed by atoms with E-state index in [1.165, 1.54) is 4.31 Å². The van der Waals surface area contributed by atoms with Crippen molar-refractivity contribution in [1.82, 2.24) is 4.31 Å². The number of ketones is 1. The average Bonchev–Trinajstić information content (AvgIpc) is 2.98. The number of hydrogen-bond donors (Lipinski definition) is 0. The van der Waals surface area contributed by atoms with Gasteiger partial charge in [0.15, 0.2) is 0 Å². The molecule has 0 saturated carbocycles. The topological polar surface area (TPSA) is 80.8 Å². The molecule has 196 valence electrons. The predicted molar refractivity (Wildman–Crippen MR) is 143 cm³/mol. The van der Waals surface area contributed by atoms with Crippen LogP contribution in [0.5, 0.6) is 0 Å². The molecule has 37 heavy (non-hydrogen) atoms. The normalized spacial score (nSPS) is 25.9. The Hall–Kier alpha value is -3.03. The Bertz CT molecular complexity index is 1320. The van der Waals surface area contributed by atoms with Gasteiger partial charge in [-0.2, -0.15) is 4.31 Å². The van der Waals surface area contributed by atoms with Crippen molar-refractivity contribution in [3.63, 3.8) is 0 Å². The lowest BCUT2D eigenvalue weighted by atomic mass is 9.65. The summed E-state index contributed by atoms with van der Waals surface area (Å²) in [6.07, 6.45) is 7.92. The van der Waals surface area contributed by atoms with E-state index in [0.717, 1.165) is 5.56 Å². The number of sulfonamides is 1. The van der Waals surface area contributed by atoms with Crippen molar-refractivity contribution in [3.8, 4) is 0 Å². The first-order valence-electron chi connectivity index (χ1n) is 12.7. The van der Waals surface area contributed by atoms with Crippen molar-refractivity contribution in [2.24, 2.45) is 11.3 Å². The van der Waals surface area contributed by atoms with Crippen LogP contribution in [0.15, 0.2) is 83.8 Å². The van der Waals surface area contributed by atoms with Crippen molar-refractivity contribution in [1.29, 1.82) is 0 Å². The summed E-state index contributed by atoms with van der Waals surface area (Å²) in [5.74, 6) is -1.40. The van der Waals surface area contributed by atoms with Gasteiger partial charge in [0, 0.05) is 12.3 Å². The molecule has 4 atom stereocenters. The van der Waals surface area contributed by atoms with Crippen LogP contribution in [-0.2, 0) is 24.3 Å². The number of hydrogen-bond acceptors (Lipinski definition) is 5. The van der Waals surface area contributed by atoms with Crippen molar-refractivity contribution < 1.29 is 22.7 Å². The number of benzene rings is 2. The molecular formula is C30H35NO5S. The number of esters is 1. The van der Waals surface area contributed by atoms with Crippen molar-refractivity contribution in [2.75, 3.05) is 0 Å². The van der Waals surface area contributed by atoms with E-state index in [4.69, 9.17) is 4.74 Å². The van der Waals surface area contributed by atoms with Gasteiger partial charge in [0.05, 0.1) is 16.4 Å². The Balaban J connectivity index is 2.06. The molecule has 1 heterocycles. The fraction of sp³-hybridized carbons (Fsp3) is 0.400. The molecule has 4 rings (SSSR count). The van der Waals surface area contributed by atoms with E-state index >= 15 is 0 Å². The first kappa shape index (κ1) is 27.0.